The molecule has 0 saturated carbocycles. The second kappa shape index (κ2) is 8.60. The molecule has 0 aliphatic heterocycles. The van der Waals surface area contributed by atoms with E-state index in [-0.39, 0.29) is 30.5 Å². The topological polar surface area (TPSA) is 76.0 Å². The second-order valence-corrected chi connectivity index (χ2v) is 6.61. The van der Waals surface area contributed by atoms with Gasteiger partial charge in [-0.2, -0.15) is 5.10 Å². The van der Waals surface area contributed by atoms with Gasteiger partial charge in [0.25, 0.3) is 0 Å². The summed E-state index contributed by atoms with van der Waals surface area (Å²) in [5, 5.41) is 9.71. The highest BCUT2D eigenvalue weighted by Crippen LogP contribution is 2.16. The Bertz CT molecular complexity index is 801. The first-order valence-electron chi connectivity index (χ1n) is 8.61. The smallest absolute Gasteiger partial charge is 0.224 e. The van der Waals surface area contributed by atoms with Crippen LogP contribution >= 0.6 is 0 Å². The molecule has 1 aromatic heterocycles. The number of carbonyl (C=O) groups is 2. The van der Waals surface area contributed by atoms with E-state index in [1.54, 1.807) is 12.1 Å². The van der Waals surface area contributed by atoms with E-state index >= 15 is 0 Å². The van der Waals surface area contributed by atoms with Crippen molar-refractivity contribution in [2.45, 2.75) is 53.1 Å². The van der Waals surface area contributed by atoms with Crippen LogP contribution in [-0.2, 0) is 16.1 Å². The van der Waals surface area contributed by atoms with Crippen molar-refractivity contribution in [2.75, 3.05) is 5.32 Å². The molecular weight excluding hydrogens is 335 g/mol. The van der Waals surface area contributed by atoms with Gasteiger partial charge in [-0.15, -0.1) is 0 Å². The molecule has 0 saturated heterocycles. The molecule has 140 valence electrons. The minimum absolute atomic E-state index is 0.00809. The summed E-state index contributed by atoms with van der Waals surface area (Å²) >= 11 is 0. The number of nitrogens with one attached hydrogen (secondary N) is 2. The Hall–Kier alpha value is -2.70. The number of benzene rings is 1. The number of aryl methyl sites for hydroxylation is 3. The maximum Gasteiger partial charge on any atom is 0.224 e. The number of anilines is 1. The zero-order valence-electron chi connectivity index (χ0n) is 15.6. The Labute approximate surface area is 152 Å². The largest absolute Gasteiger partial charge is 0.352 e. The van der Waals surface area contributed by atoms with Gasteiger partial charge >= 0.3 is 0 Å². The Balaban J connectivity index is 1.78. The summed E-state index contributed by atoms with van der Waals surface area (Å²) in [6, 6.07) is 6.35. The van der Waals surface area contributed by atoms with Crippen LogP contribution in [0.1, 0.15) is 36.7 Å². The molecule has 0 radical (unpaired) electrons. The zero-order chi connectivity index (χ0) is 19.3. The average Bonchev–Trinajstić information content (AvgIpc) is 2.86. The molecule has 0 fully saturated rings. The van der Waals surface area contributed by atoms with Crippen LogP contribution in [0.15, 0.2) is 24.3 Å². The summed E-state index contributed by atoms with van der Waals surface area (Å²) < 4.78 is 15.5. The van der Waals surface area contributed by atoms with E-state index < -0.39 is 11.7 Å². The molecule has 0 aliphatic rings. The highest BCUT2D eigenvalue weighted by Gasteiger charge is 2.13. The fraction of sp³-hybridized carbons (Fsp3) is 0.421. The lowest BCUT2D eigenvalue weighted by Crippen LogP contribution is -2.36. The molecule has 1 aromatic carbocycles. The van der Waals surface area contributed by atoms with Gasteiger partial charge in [-0.3, -0.25) is 14.3 Å². The van der Waals surface area contributed by atoms with Crippen LogP contribution in [0.2, 0.25) is 0 Å². The number of halogens is 1. The van der Waals surface area contributed by atoms with Crippen LogP contribution in [0.5, 0.6) is 0 Å². The van der Waals surface area contributed by atoms with Crippen molar-refractivity contribution in [3.05, 3.63) is 47.0 Å². The maximum absolute atomic E-state index is 13.6. The molecule has 0 spiro atoms. The Morgan fingerprint density at radius 2 is 1.85 bits per heavy atom. The van der Waals surface area contributed by atoms with Gasteiger partial charge < -0.3 is 10.6 Å². The minimum atomic E-state index is -0.494. The molecule has 2 rings (SSSR count). The van der Waals surface area contributed by atoms with E-state index in [9.17, 15) is 14.0 Å². The van der Waals surface area contributed by atoms with Crippen molar-refractivity contribution in [3.8, 4) is 0 Å². The van der Waals surface area contributed by atoms with Crippen molar-refractivity contribution < 1.29 is 14.0 Å². The fourth-order valence-corrected chi connectivity index (χ4v) is 2.69. The molecule has 0 aliphatic carbocycles. The van der Waals surface area contributed by atoms with Gasteiger partial charge in [0.2, 0.25) is 11.8 Å². The molecule has 2 N–H and O–H groups in total. The molecule has 7 heteroatoms. The third kappa shape index (κ3) is 5.68. The van der Waals surface area contributed by atoms with E-state index in [1.165, 1.54) is 6.07 Å². The third-order valence-electron chi connectivity index (χ3n) is 3.93. The van der Waals surface area contributed by atoms with Crippen LogP contribution in [0.3, 0.4) is 0 Å². The van der Waals surface area contributed by atoms with Crippen molar-refractivity contribution in [1.82, 2.24) is 15.1 Å². The van der Waals surface area contributed by atoms with Gasteiger partial charge in [0.05, 0.1) is 17.9 Å². The van der Waals surface area contributed by atoms with Crippen LogP contribution < -0.4 is 10.6 Å². The van der Waals surface area contributed by atoms with E-state index in [1.807, 2.05) is 38.4 Å². The van der Waals surface area contributed by atoms with Crippen molar-refractivity contribution in [1.29, 1.82) is 0 Å². The second-order valence-electron chi connectivity index (χ2n) is 6.61. The number of amides is 2. The van der Waals surface area contributed by atoms with E-state index in [0.717, 1.165) is 17.0 Å². The predicted octanol–water partition coefficient (Wildman–Crippen LogP) is 2.87. The van der Waals surface area contributed by atoms with E-state index in [0.29, 0.717) is 6.54 Å². The average molecular weight is 360 g/mol. The lowest BCUT2D eigenvalue weighted by atomic mass is 10.2. The van der Waals surface area contributed by atoms with Gasteiger partial charge in [-0.05, 0) is 51.5 Å². The summed E-state index contributed by atoms with van der Waals surface area (Å²) in [6.07, 6.45) is 0.0343. The first kappa shape index (κ1) is 19.6. The standard InChI is InChI=1S/C19H25FN4O2/c1-12-5-6-16(20)17(9-12)22-19(26)8-7-18(25)21-14(3)11-24-15(4)10-13(2)23-24/h5-6,9-10,14H,7-8,11H2,1-4H3,(H,21,25)(H,22,26). The van der Waals surface area contributed by atoms with Crippen LogP contribution in [0, 0.1) is 26.6 Å². The third-order valence-corrected chi connectivity index (χ3v) is 3.93. The summed E-state index contributed by atoms with van der Waals surface area (Å²) in [5.74, 6) is -1.11. The summed E-state index contributed by atoms with van der Waals surface area (Å²) in [6.45, 7) is 8.14. The number of carbonyl (C=O) groups excluding carboxylic acids is 2. The number of aromatic nitrogens is 2. The van der Waals surface area contributed by atoms with Gasteiger partial charge in [0, 0.05) is 24.6 Å². The Morgan fingerprint density at radius 1 is 1.15 bits per heavy atom. The molecule has 6 nitrogen and oxygen atoms in total. The fourth-order valence-electron chi connectivity index (χ4n) is 2.69. The van der Waals surface area contributed by atoms with Crippen LogP contribution in [0.25, 0.3) is 0 Å². The molecule has 2 amide bonds. The van der Waals surface area contributed by atoms with Crippen LogP contribution in [-0.4, -0.2) is 27.6 Å². The lowest BCUT2D eigenvalue weighted by molar-refractivity contribution is -0.124. The normalized spacial score (nSPS) is 11.9. The van der Waals surface area contributed by atoms with Gasteiger partial charge in [0.1, 0.15) is 5.82 Å². The quantitative estimate of drug-likeness (QED) is 0.797. The predicted molar refractivity (Wildman–Crippen MR) is 98.3 cm³/mol. The monoisotopic (exact) mass is 360 g/mol. The summed E-state index contributed by atoms with van der Waals surface area (Å²) in [5.41, 5.74) is 2.94. The maximum atomic E-state index is 13.6. The Morgan fingerprint density at radius 3 is 2.50 bits per heavy atom. The van der Waals surface area contributed by atoms with Crippen molar-refractivity contribution in [3.63, 3.8) is 0 Å². The summed E-state index contributed by atoms with van der Waals surface area (Å²) in [4.78, 5) is 23.9. The van der Waals surface area contributed by atoms with E-state index in [2.05, 4.69) is 15.7 Å². The SMILES string of the molecule is Cc1ccc(F)c(NC(=O)CCC(=O)NC(C)Cn2nc(C)cc2C)c1. The minimum Gasteiger partial charge on any atom is -0.352 e. The zero-order valence-corrected chi connectivity index (χ0v) is 15.6. The lowest BCUT2D eigenvalue weighted by Gasteiger charge is -2.15. The molecular formula is C19H25FN4O2. The van der Waals surface area contributed by atoms with E-state index in [4.69, 9.17) is 0 Å². The van der Waals surface area contributed by atoms with Gasteiger partial charge in [-0.1, -0.05) is 6.07 Å². The molecule has 0 bridgehead atoms. The highest BCUT2D eigenvalue weighted by molar-refractivity contribution is 5.93. The number of nitrogens with zero attached hydrogens (tertiary/aromatic N) is 2. The first-order valence-corrected chi connectivity index (χ1v) is 8.61. The highest BCUT2D eigenvalue weighted by atomic mass is 19.1. The Kier molecular flexibility index (Phi) is 6.49. The summed E-state index contributed by atoms with van der Waals surface area (Å²) in [7, 11) is 0. The molecule has 1 heterocycles. The van der Waals surface area contributed by atoms with Crippen molar-refractivity contribution in [2.24, 2.45) is 0 Å². The molecule has 2 aromatic rings. The van der Waals surface area contributed by atoms with Gasteiger partial charge in [-0.25, -0.2) is 4.39 Å². The van der Waals surface area contributed by atoms with Crippen LogP contribution in [0.4, 0.5) is 10.1 Å². The number of hydrogen-bond acceptors (Lipinski definition) is 3. The van der Waals surface area contributed by atoms with Crippen molar-refractivity contribution >= 4 is 17.5 Å². The first-order chi connectivity index (χ1) is 12.2. The van der Waals surface area contributed by atoms with Gasteiger partial charge in [0.15, 0.2) is 0 Å². The molecule has 1 atom stereocenters. The molecule has 26 heavy (non-hydrogen) atoms. The molecule has 1 unspecified atom stereocenters. The number of rotatable bonds is 7. The number of hydrogen-bond donors (Lipinski definition) is 2.